The SMILES string of the molecule is c1ccc(NCCCN2CCN3CCCCC3C2)cc1. The molecule has 0 aromatic heterocycles. The monoisotopic (exact) mass is 273 g/mol. The second kappa shape index (κ2) is 7.09. The molecule has 0 amide bonds. The summed E-state index contributed by atoms with van der Waals surface area (Å²) >= 11 is 0. The van der Waals surface area contributed by atoms with E-state index < -0.39 is 0 Å². The van der Waals surface area contributed by atoms with E-state index in [-0.39, 0.29) is 0 Å². The molecule has 1 aromatic carbocycles. The Morgan fingerprint density at radius 3 is 2.85 bits per heavy atom. The fourth-order valence-electron chi connectivity index (χ4n) is 3.51. The first-order chi connectivity index (χ1) is 9.92. The van der Waals surface area contributed by atoms with E-state index in [0.717, 1.165) is 12.6 Å². The Bertz CT molecular complexity index is 392. The number of para-hydroxylation sites is 1. The number of nitrogens with zero attached hydrogens (tertiary/aromatic N) is 2. The van der Waals surface area contributed by atoms with Gasteiger partial charge in [-0.05, 0) is 44.5 Å². The molecule has 1 aromatic rings. The van der Waals surface area contributed by atoms with Crippen LogP contribution >= 0.6 is 0 Å². The first-order valence-electron chi connectivity index (χ1n) is 8.17. The molecule has 2 fully saturated rings. The third kappa shape index (κ3) is 3.74. The van der Waals surface area contributed by atoms with Crippen LogP contribution in [0.4, 0.5) is 5.69 Å². The minimum atomic E-state index is 0.847. The number of rotatable bonds is 5. The lowest BCUT2D eigenvalue weighted by Crippen LogP contribution is -2.54. The molecule has 0 bridgehead atoms. The van der Waals surface area contributed by atoms with Gasteiger partial charge in [0, 0.05) is 37.9 Å². The normalized spacial score (nSPS) is 24.3. The van der Waals surface area contributed by atoms with E-state index in [0.29, 0.717) is 0 Å². The fourth-order valence-corrected chi connectivity index (χ4v) is 3.51. The van der Waals surface area contributed by atoms with E-state index in [1.165, 1.54) is 64.1 Å². The average molecular weight is 273 g/mol. The molecule has 1 atom stereocenters. The van der Waals surface area contributed by atoms with Gasteiger partial charge in [0.05, 0.1) is 0 Å². The van der Waals surface area contributed by atoms with Gasteiger partial charge in [0.2, 0.25) is 0 Å². The molecule has 3 rings (SSSR count). The number of anilines is 1. The third-order valence-electron chi connectivity index (χ3n) is 4.68. The van der Waals surface area contributed by atoms with Crippen LogP contribution in [0, 0.1) is 0 Å². The molecular formula is C17H27N3. The highest BCUT2D eigenvalue weighted by molar-refractivity contribution is 5.42. The standard InChI is InChI=1S/C17H27N3/c1-2-7-16(8-3-1)18-10-6-11-19-13-14-20-12-5-4-9-17(20)15-19/h1-3,7-8,17-18H,4-6,9-15H2. The molecule has 1 unspecified atom stereocenters. The van der Waals surface area contributed by atoms with Crippen molar-refractivity contribution in [2.75, 3.05) is 44.6 Å². The van der Waals surface area contributed by atoms with Gasteiger partial charge in [-0.1, -0.05) is 24.6 Å². The second-order valence-electron chi connectivity index (χ2n) is 6.13. The van der Waals surface area contributed by atoms with Gasteiger partial charge in [0.1, 0.15) is 0 Å². The van der Waals surface area contributed by atoms with Gasteiger partial charge in [-0.2, -0.15) is 0 Å². The maximum atomic E-state index is 3.50. The predicted octanol–water partition coefficient (Wildman–Crippen LogP) is 2.66. The van der Waals surface area contributed by atoms with Gasteiger partial charge >= 0.3 is 0 Å². The molecule has 2 aliphatic rings. The highest BCUT2D eigenvalue weighted by Crippen LogP contribution is 2.21. The summed E-state index contributed by atoms with van der Waals surface area (Å²) in [6.07, 6.45) is 5.50. The Morgan fingerprint density at radius 1 is 1.05 bits per heavy atom. The summed E-state index contributed by atoms with van der Waals surface area (Å²) in [5.41, 5.74) is 1.24. The molecule has 2 aliphatic heterocycles. The maximum Gasteiger partial charge on any atom is 0.0340 e. The highest BCUT2D eigenvalue weighted by Gasteiger charge is 2.28. The molecule has 0 spiro atoms. The van der Waals surface area contributed by atoms with Crippen LogP contribution in [0.2, 0.25) is 0 Å². The zero-order valence-electron chi connectivity index (χ0n) is 12.4. The predicted molar refractivity (Wildman–Crippen MR) is 85.2 cm³/mol. The largest absolute Gasteiger partial charge is 0.385 e. The summed E-state index contributed by atoms with van der Waals surface area (Å²) in [5, 5.41) is 3.50. The minimum Gasteiger partial charge on any atom is -0.385 e. The van der Waals surface area contributed by atoms with Crippen molar-refractivity contribution >= 4 is 5.69 Å². The van der Waals surface area contributed by atoms with Gasteiger partial charge in [-0.25, -0.2) is 0 Å². The maximum absolute atomic E-state index is 3.50. The molecule has 20 heavy (non-hydrogen) atoms. The van der Waals surface area contributed by atoms with Crippen LogP contribution in [0.3, 0.4) is 0 Å². The topological polar surface area (TPSA) is 18.5 Å². The number of piperazine rings is 1. The summed E-state index contributed by atoms with van der Waals surface area (Å²) in [6, 6.07) is 11.4. The zero-order valence-corrected chi connectivity index (χ0v) is 12.4. The summed E-state index contributed by atoms with van der Waals surface area (Å²) in [6.45, 7) is 7.51. The lowest BCUT2D eigenvalue weighted by Gasteiger charge is -2.44. The number of piperidine rings is 1. The summed E-state index contributed by atoms with van der Waals surface area (Å²) in [4.78, 5) is 5.38. The molecule has 2 heterocycles. The molecule has 3 heteroatoms. The molecule has 1 N–H and O–H groups in total. The first-order valence-corrected chi connectivity index (χ1v) is 8.17. The highest BCUT2D eigenvalue weighted by atomic mass is 15.3. The average Bonchev–Trinajstić information content (AvgIpc) is 2.52. The van der Waals surface area contributed by atoms with Gasteiger partial charge in [-0.3, -0.25) is 4.90 Å². The Hall–Kier alpha value is -1.06. The molecule has 110 valence electrons. The fraction of sp³-hybridized carbons (Fsp3) is 0.647. The molecule has 3 nitrogen and oxygen atoms in total. The van der Waals surface area contributed by atoms with Crippen LogP contribution in [0.1, 0.15) is 25.7 Å². The molecule has 0 radical (unpaired) electrons. The van der Waals surface area contributed by atoms with Crippen LogP contribution in [0.5, 0.6) is 0 Å². The Morgan fingerprint density at radius 2 is 1.95 bits per heavy atom. The number of benzene rings is 1. The van der Waals surface area contributed by atoms with E-state index in [2.05, 4.69) is 45.4 Å². The second-order valence-corrected chi connectivity index (χ2v) is 6.13. The number of hydrogen-bond acceptors (Lipinski definition) is 3. The molecule has 0 aliphatic carbocycles. The summed E-state index contributed by atoms with van der Waals surface area (Å²) in [7, 11) is 0. The van der Waals surface area contributed by atoms with Gasteiger partial charge in [0.25, 0.3) is 0 Å². The first kappa shape index (κ1) is 13.9. The van der Waals surface area contributed by atoms with Crippen LogP contribution < -0.4 is 5.32 Å². The smallest absolute Gasteiger partial charge is 0.0340 e. The number of hydrogen-bond donors (Lipinski definition) is 1. The minimum absolute atomic E-state index is 0.847. The van der Waals surface area contributed by atoms with Crippen LogP contribution in [-0.4, -0.2) is 55.1 Å². The van der Waals surface area contributed by atoms with Gasteiger partial charge < -0.3 is 10.2 Å². The van der Waals surface area contributed by atoms with E-state index in [4.69, 9.17) is 0 Å². The van der Waals surface area contributed by atoms with Crippen molar-refractivity contribution in [3.63, 3.8) is 0 Å². The van der Waals surface area contributed by atoms with E-state index in [1.807, 2.05) is 0 Å². The summed E-state index contributed by atoms with van der Waals surface area (Å²) < 4.78 is 0. The number of fused-ring (bicyclic) bond motifs is 1. The third-order valence-corrected chi connectivity index (χ3v) is 4.68. The van der Waals surface area contributed by atoms with Crippen molar-refractivity contribution in [1.29, 1.82) is 0 Å². The zero-order chi connectivity index (χ0) is 13.6. The lowest BCUT2D eigenvalue weighted by atomic mass is 9.99. The van der Waals surface area contributed by atoms with E-state index >= 15 is 0 Å². The van der Waals surface area contributed by atoms with Crippen LogP contribution in [0.25, 0.3) is 0 Å². The van der Waals surface area contributed by atoms with Crippen molar-refractivity contribution in [1.82, 2.24) is 9.80 Å². The van der Waals surface area contributed by atoms with Crippen molar-refractivity contribution < 1.29 is 0 Å². The summed E-state index contributed by atoms with van der Waals surface area (Å²) in [5.74, 6) is 0. The van der Waals surface area contributed by atoms with Gasteiger partial charge in [0.15, 0.2) is 0 Å². The Balaban J connectivity index is 1.35. The number of nitrogens with one attached hydrogen (secondary N) is 1. The van der Waals surface area contributed by atoms with Crippen molar-refractivity contribution in [2.24, 2.45) is 0 Å². The van der Waals surface area contributed by atoms with Crippen molar-refractivity contribution in [3.05, 3.63) is 30.3 Å². The van der Waals surface area contributed by atoms with Gasteiger partial charge in [-0.15, -0.1) is 0 Å². The van der Waals surface area contributed by atoms with E-state index in [9.17, 15) is 0 Å². The van der Waals surface area contributed by atoms with Crippen LogP contribution in [0.15, 0.2) is 30.3 Å². The van der Waals surface area contributed by atoms with Crippen molar-refractivity contribution in [2.45, 2.75) is 31.7 Å². The van der Waals surface area contributed by atoms with Crippen LogP contribution in [-0.2, 0) is 0 Å². The Kier molecular flexibility index (Phi) is 4.93. The molecule has 2 saturated heterocycles. The quantitative estimate of drug-likeness (QED) is 0.832. The molecule has 0 saturated carbocycles. The molecular weight excluding hydrogens is 246 g/mol. The lowest BCUT2D eigenvalue weighted by molar-refractivity contribution is 0.0494. The Labute approximate surface area is 123 Å². The van der Waals surface area contributed by atoms with E-state index in [1.54, 1.807) is 0 Å². The van der Waals surface area contributed by atoms with Crippen molar-refractivity contribution in [3.8, 4) is 0 Å².